The number of methoxy groups -OCH3 is 2. The maximum atomic E-state index is 11.8. The summed E-state index contributed by atoms with van der Waals surface area (Å²) in [6, 6.07) is 7.82. The van der Waals surface area contributed by atoms with E-state index in [1.165, 1.54) is 7.11 Å². The standard InChI is InChI=1S/C16H24N2O4/c1-18(11-13-6-8-14(21-2)9-7-13)12-15(19)17-10-4-5-16(20)22-3/h6-9H,4-5,10-12H2,1-3H3,(H,17,19)/p+1. The molecule has 0 heterocycles. The quantitative estimate of drug-likeness (QED) is 0.489. The topological polar surface area (TPSA) is 69.1 Å². The number of ether oxygens (including phenoxy) is 2. The molecule has 1 aromatic rings. The van der Waals surface area contributed by atoms with E-state index < -0.39 is 0 Å². The molecular weight excluding hydrogens is 284 g/mol. The molecule has 0 radical (unpaired) electrons. The second-order valence-corrected chi connectivity index (χ2v) is 5.19. The van der Waals surface area contributed by atoms with Gasteiger partial charge in [0.05, 0.1) is 21.3 Å². The van der Waals surface area contributed by atoms with E-state index in [0.717, 1.165) is 22.8 Å². The molecule has 2 N–H and O–H groups in total. The highest BCUT2D eigenvalue weighted by Crippen LogP contribution is 2.10. The van der Waals surface area contributed by atoms with Gasteiger partial charge in [-0.2, -0.15) is 0 Å². The first-order valence-corrected chi connectivity index (χ1v) is 7.33. The Kier molecular flexibility index (Phi) is 7.99. The Bertz CT molecular complexity index is 474. The molecule has 1 atom stereocenters. The molecule has 0 spiro atoms. The first-order chi connectivity index (χ1) is 10.5. The van der Waals surface area contributed by atoms with Gasteiger partial charge in [0.2, 0.25) is 0 Å². The van der Waals surface area contributed by atoms with Crippen LogP contribution in [0.2, 0.25) is 0 Å². The lowest BCUT2D eigenvalue weighted by Gasteiger charge is -2.14. The molecule has 0 aliphatic heterocycles. The number of hydrogen-bond acceptors (Lipinski definition) is 4. The number of benzene rings is 1. The molecule has 6 heteroatoms. The van der Waals surface area contributed by atoms with Gasteiger partial charge in [-0.3, -0.25) is 9.59 Å². The minimum atomic E-state index is -0.253. The molecular formula is C16H25N2O4+. The Labute approximate surface area is 131 Å². The number of hydrogen-bond donors (Lipinski definition) is 2. The van der Waals surface area contributed by atoms with Crippen molar-refractivity contribution in [2.24, 2.45) is 0 Å². The van der Waals surface area contributed by atoms with E-state index >= 15 is 0 Å². The third kappa shape index (κ3) is 7.08. The van der Waals surface area contributed by atoms with E-state index in [9.17, 15) is 9.59 Å². The Morgan fingerprint density at radius 3 is 2.45 bits per heavy atom. The molecule has 1 unspecified atom stereocenters. The molecule has 0 aliphatic carbocycles. The predicted octanol–water partition coefficient (Wildman–Crippen LogP) is -0.221. The molecule has 0 saturated carbocycles. The number of nitrogens with one attached hydrogen (secondary N) is 2. The molecule has 0 bridgehead atoms. The highest BCUT2D eigenvalue weighted by Gasteiger charge is 2.10. The summed E-state index contributed by atoms with van der Waals surface area (Å²) in [4.78, 5) is 23.8. The van der Waals surface area contributed by atoms with Gasteiger partial charge in [-0.25, -0.2) is 0 Å². The van der Waals surface area contributed by atoms with Crippen LogP contribution >= 0.6 is 0 Å². The van der Waals surface area contributed by atoms with Gasteiger partial charge in [-0.1, -0.05) is 0 Å². The van der Waals surface area contributed by atoms with Gasteiger partial charge in [0.15, 0.2) is 6.54 Å². The molecule has 1 amide bonds. The zero-order valence-electron chi connectivity index (χ0n) is 13.5. The summed E-state index contributed by atoms with van der Waals surface area (Å²) in [6.45, 7) is 1.65. The van der Waals surface area contributed by atoms with Crippen LogP contribution in [0.15, 0.2) is 24.3 Å². The van der Waals surface area contributed by atoms with E-state index in [1.54, 1.807) is 7.11 Å². The molecule has 0 fully saturated rings. The van der Waals surface area contributed by atoms with Crippen molar-refractivity contribution in [1.29, 1.82) is 0 Å². The van der Waals surface area contributed by atoms with Crippen molar-refractivity contribution >= 4 is 11.9 Å². The highest BCUT2D eigenvalue weighted by atomic mass is 16.5. The Hall–Kier alpha value is -2.08. The van der Waals surface area contributed by atoms with Crippen molar-refractivity contribution in [3.8, 4) is 5.75 Å². The monoisotopic (exact) mass is 309 g/mol. The van der Waals surface area contributed by atoms with Gasteiger partial charge in [0.1, 0.15) is 12.3 Å². The molecule has 0 aliphatic rings. The molecule has 0 saturated heterocycles. The Morgan fingerprint density at radius 1 is 1.18 bits per heavy atom. The highest BCUT2D eigenvalue weighted by molar-refractivity contribution is 5.76. The zero-order valence-corrected chi connectivity index (χ0v) is 13.5. The fourth-order valence-corrected chi connectivity index (χ4v) is 2.05. The average molecular weight is 309 g/mol. The fourth-order valence-electron chi connectivity index (χ4n) is 2.05. The van der Waals surface area contributed by atoms with Crippen LogP contribution in [-0.2, 0) is 20.9 Å². The van der Waals surface area contributed by atoms with Crippen LogP contribution in [0.5, 0.6) is 5.75 Å². The fraction of sp³-hybridized carbons (Fsp3) is 0.500. The van der Waals surface area contributed by atoms with Crippen LogP contribution in [0.3, 0.4) is 0 Å². The van der Waals surface area contributed by atoms with Crippen molar-refractivity contribution < 1.29 is 24.0 Å². The lowest BCUT2D eigenvalue weighted by molar-refractivity contribution is -0.885. The predicted molar refractivity (Wildman–Crippen MR) is 82.7 cm³/mol. The van der Waals surface area contributed by atoms with Crippen LogP contribution in [0.4, 0.5) is 0 Å². The first kappa shape index (κ1) is 18.0. The van der Waals surface area contributed by atoms with Crippen LogP contribution in [-0.4, -0.2) is 46.2 Å². The van der Waals surface area contributed by atoms with Gasteiger partial charge in [0, 0.05) is 18.5 Å². The van der Waals surface area contributed by atoms with Gasteiger partial charge in [-0.15, -0.1) is 0 Å². The van der Waals surface area contributed by atoms with Crippen LogP contribution in [0, 0.1) is 0 Å². The summed E-state index contributed by atoms with van der Waals surface area (Å²) in [5.41, 5.74) is 1.15. The molecule has 1 rings (SSSR count). The number of esters is 1. The molecule has 122 valence electrons. The van der Waals surface area contributed by atoms with Crippen LogP contribution in [0.1, 0.15) is 18.4 Å². The second-order valence-electron chi connectivity index (χ2n) is 5.19. The number of amides is 1. The minimum Gasteiger partial charge on any atom is -0.497 e. The van der Waals surface area contributed by atoms with Crippen molar-refractivity contribution in [1.82, 2.24) is 5.32 Å². The number of carbonyl (C=O) groups is 2. The van der Waals surface area contributed by atoms with Gasteiger partial charge in [-0.05, 0) is 30.7 Å². The van der Waals surface area contributed by atoms with Crippen molar-refractivity contribution in [2.45, 2.75) is 19.4 Å². The van der Waals surface area contributed by atoms with E-state index in [2.05, 4.69) is 10.1 Å². The van der Waals surface area contributed by atoms with Crippen molar-refractivity contribution in [3.63, 3.8) is 0 Å². The molecule has 6 nitrogen and oxygen atoms in total. The van der Waals surface area contributed by atoms with Crippen LogP contribution in [0.25, 0.3) is 0 Å². The minimum absolute atomic E-state index is 0.0177. The maximum Gasteiger partial charge on any atom is 0.305 e. The van der Waals surface area contributed by atoms with Crippen LogP contribution < -0.4 is 15.0 Å². The summed E-state index contributed by atoms with van der Waals surface area (Å²) >= 11 is 0. The average Bonchev–Trinajstić information content (AvgIpc) is 2.51. The lowest BCUT2D eigenvalue weighted by atomic mass is 10.2. The molecule has 22 heavy (non-hydrogen) atoms. The summed E-state index contributed by atoms with van der Waals surface area (Å²) in [7, 11) is 4.97. The third-order valence-electron chi connectivity index (χ3n) is 3.23. The largest absolute Gasteiger partial charge is 0.497 e. The smallest absolute Gasteiger partial charge is 0.305 e. The Balaban J connectivity index is 2.24. The van der Waals surface area contributed by atoms with Crippen molar-refractivity contribution in [3.05, 3.63) is 29.8 Å². The number of carbonyl (C=O) groups excluding carboxylic acids is 2. The summed E-state index contributed by atoms with van der Waals surface area (Å²) in [6.07, 6.45) is 0.918. The van der Waals surface area contributed by atoms with E-state index in [1.807, 2.05) is 31.3 Å². The third-order valence-corrected chi connectivity index (χ3v) is 3.23. The van der Waals surface area contributed by atoms with Crippen molar-refractivity contribution in [2.75, 3.05) is 34.4 Å². The number of likely N-dealkylation sites (N-methyl/N-ethyl adjacent to an activating group) is 1. The SMILES string of the molecule is COC(=O)CCCNC(=O)C[NH+](C)Cc1ccc(OC)cc1. The maximum absolute atomic E-state index is 11.8. The second kappa shape index (κ2) is 9.78. The Morgan fingerprint density at radius 2 is 1.86 bits per heavy atom. The normalized spacial score (nSPS) is 11.6. The summed E-state index contributed by atoms with van der Waals surface area (Å²) in [5.74, 6) is 0.553. The van der Waals surface area contributed by atoms with E-state index in [0.29, 0.717) is 25.9 Å². The summed E-state index contributed by atoms with van der Waals surface area (Å²) in [5, 5.41) is 2.81. The van der Waals surface area contributed by atoms with E-state index in [4.69, 9.17) is 4.74 Å². The zero-order chi connectivity index (χ0) is 16.4. The van der Waals surface area contributed by atoms with Gasteiger partial charge >= 0.3 is 5.97 Å². The number of rotatable bonds is 9. The molecule has 0 aromatic heterocycles. The lowest BCUT2D eigenvalue weighted by Crippen LogP contribution is -3.08. The van der Waals surface area contributed by atoms with E-state index in [-0.39, 0.29) is 11.9 Å². The number of quaternary nitrogens is 1. The molecule has 1 aromatic carbocycles. The van der Waals surface area contributed by atoms with Gasteiger partial charge in [0.25, 0.3) is 5.91 Å². The summed E-state index contributed by atoms with van der Waals surface area (Å²) < 4.78 is 9.65. The van der Waals surface area contributed by atoms with Gasteiger partial charge < -0.3 is 19.7 Å². The first-order valence-electron chi connectivity index (χ1n) is 7.33.